The molecule has 8 nitrogen and oxygen atoms in total. The molecular formula is C40H76O8. The summed E-state index contributed by atoms with van der Waals surface area (Å²) in [6.45, 7) is 3.88. The summed E-state index contributed by atoms with van der Waals surface area (Å²) >= 11 is 0. The Morgan fingerprint density at radius 1 is 0.667 bits per heavy atom. The first kappa shape index (κ1) is 45.2. The molecule has 0 aromatic heterocycles. The second-order valence-corrected chi connectivity index (χ2v) is 14.4. The standard InChI is InChI=1S/C40H76O8/c1-3-5-7-9-11-13-15-17-19-21-23-25-27-29-35(43)33(32-47-40-39(46)38(45)37(44)36(31-41)48-40)30-34(42)28-26-24-22-20-18-16-14-12-10-8-6-4-2/h27,29,33,35-41,43-46H,3-26,28,30-32H2,1-2H3/b29-27+/t33?,35?,36?,37?,38?,39-,40?/m1/s1. The number of Topliss-reactive ketones (excluding diaryl/α,β-unsaturated/α-hetero) is 1. The van der Waals surface area contributed by atoms with Gasteiger partial charge in [0.05, 0.1) is 19.3 Å². The van der Waals surface area contributed by atoms with Crippen LogP contribution in [0.15, 0.2) is 12.2 Å². The Morgan fingerprint density at radius 3 is 1.60 bits per heavy atom. The van der Waals surface area contributed by atoms with Crippen molar-refractivity contribution >= 4 is 5.78 Å². The molecule has 0 saturated carbocycles. The molecule has 48 heavy (non-hydrogen) atoms. The molecule has 0 aromatic rings. The number of rotatable bonds is 33. The number of allylic oxidation sites excluding steroid dienone is 1. The molecule has 0 radical (unpaired) electrons. The summed E-state index contributed by atoms with van der Waals surface area (Å²) in [7, 11) is 0. The molecule has 1 saturated heterocycles. The average molecular weight is 685 g/mol. The quantitative estimate of drug-likeness (QED) is 0.0346. The van der Waals surface area contributed by atoms with E-state index in [-0.39, 0.29) is 18.8 Å². The highest BCUT2D eigenvalue weighted by Gasteiger charge is 2.44. The minimum Gasteiger partial charge on any atom is -0.394 e. The molecule has 1 aliphatic rings. The predicted molar refractivity (Wildman–Crippen MR) is 195 cm³/mol. The summed E-state index contributed by atoms with van der Waals surface area (Å²) < 4.78 is 11.2. The van der Waals surface area contributed by atoms with E-state index in [4.69, 9.17) is 9.47 Å². The second-order valence-electron chi connectivity index (χ2n) is 14.4. The van der Waals surface area contributed by atoms with E-state index < -0.39 is 49.3 Å². The monoisotopic (exact) mass is 685 g/mol. The number of carbonyl (C=O) groups is 1. The minimum atomic E-state index is -1.54. The summed E-state index contributed by atoms with van der Waals surface area (Å²) in [6, 6.07) is 0. The molecule has 8 heteroatoms. The third-order valence-electron chi connectivity index (χ3n) is 9.91. The molecule has 0 bridgehead atoms. The molecule has 1 aliphatic heterocycles. The highest BCUT2D eigenvalue weighted by Crippen LogP contribution is 2.24. The number of ketones is 1. The van der Waals surface area contributed by atoms with Gasteiger partial charge in [0.15, 0.2) is 6.29 Å². The fraction of sp³-hybridized carbons (Fsp3) is 0.925. The van der Waals surface area contributed by atoms with Crippen molar-refractivity contribution in [1.29, 1.82) is 0 Å². The highest BCUT2D eigenvalue weighted by atomic mass is 16.7. The Bertz CT molecular complexity index is 760. The topological polar surface area (TPSA) is 137 Å². The molecule has 0 aromatic carbocycles. The largest absolute Gasteiger partial charge is 0.394 e. The molecule has 1 rings (SSSR count). The summed E-state index contributed by atoms with van der Waals surface area (Å²) in [5.41, 5.74) is 0. The van der Waals surface area contributed by atoms with Gasteiger partial charge in [0, 0.05) is 18.8 Å². The van der Waals surface area contributed by atoms with Crippen LogP contribution in [0.5, 0.6) is 0 Å². The van der Waals surface area contributed by atoms with E-state index in [0.717, 1.165) is 38.5 Å². The molecule has 1 heterocycles. The van der Waals surface area contributed by atoms with E-state index in [0.29, 0.717) is 6.42 Å². The van der Waals surface area contributed by atoms with Gasteiger partial charge in [-0.15, -0.1) is 0 Å². The molecule has 1 fully saturated rings. The summed E-state index contributed by atoms with van der Waals surface area (Å²) in [4.78, 5) is 13.0. The zero-order valence-corrected chi connectivity index (χ0v) is 31.0. The molecular weight excluding hydrogens is 608 g/mol. The van der Waals surface area contributed by atoms with Crippen LogP contribution in [0.2, 0.25) is 0 Å². The Morgan fingerprint density at radius 2 is 1.12 bits per heavy atom. The lowest BCUT2D eigenvalue weighted by molar-refractivity contribution is -0.304. The van der Waals surface area contributed by atoms with Crippen molar-refractivity contribution in [3.8, 4) is 0 Å². The lowest BCUT2D eigenvalue weighted by Crippen LogP contribution is -2.59. The van der Waals surface area contributed by atoms with Gasteiger partial charge in [0.25, 0.3) is 0 Å². The first-order valence-corrected chi connectivity index (χ1v) is 20.1. The van der Waals surface area contributed by atoms with Gasteiger partial charge in [-0.2, -0.15) is 0 Å². The lowest BCUT2D eigenvalue weighted by Gasteiger charge is -2.40. The SMILES string of the molecule is CCCCCCCCCCCCC/C=C/C(O)C(COC1OC(CO)C(O)C(O)[C@H]1O)CC(=O)CCCCCCCCCCCCCC. The first-order chi connectivity index (χ1) is 23.3. The van der Waals surface area contributed by atoms with E-state index in [2.05, 4.69) is 13.8 Å². The van der Waals surface area contributed by atoms with Crippen LogP contribution in [0.1, 0.15) is 181 Å². The zero-order chi connectivity index (χ0) is 35.2. The van der Waals surface area contributed by atoms with Crippen molar-refractivity contribution in [3.63, 3.8) is 0 Å². The summed E-state index contributed by atoms with van der Waals surface area (Å²) in [5, 5.41) is 51.1. The van der Waals surface area contributed by atoms with Crippen molar-refractivity contribution in [3.05, 3.63) is 12.2 Å². The number of hydrogen-bond acceptors (Lipinski definition) is 8. The molecule has 0 aliphatic carbocycles. The molecule has 6 unspecified atom stereocenters. The van der Waals surface area contributed by atoms with Gasteiger partial charge < -0.3 is 35.0 Å². The van der Waals surface area contributed by atoms with Crippen LogP contribution >= 0.6 is 0 Å². The van der Waals surface area contributed by atoms with Gasteiger partial charge in [0.1, 0.15) is 30.2 Å². The van der Waals surface area contributed by atoms with Crippen molar-refractivity contribution in [2.75, 3.05) is 13.2 Å². The van der Waals surface area contributed by atoms with Crippen LogP contribution in [0.25, 0.3) is 0 Å². The van der Waals surface area contributed by atoms with E-state index in [1.54, 1.807) is 6.08 Å². The maximum atomic E-state index is 13.0. The molecule has 0 spiro atoms. The van der Waals surface area contributed by atoms with E-state index >= 15 is 0 Å². The van der Waals surface area contributed by atoms with E-state index in [1.807, 2.05) is 6.08 Å². The third kappa shape index (κ3) is 22.1. The number of hydrogen-bond donors (Lipinski definition) is 5. The predicted octanol–water partition coefficient (Wildman–Crippen LogP) is 8.09. The Hall–Kier alpha value is -0.870. The fourth-order valence-electron chi connectivity index (χ4n) is 6.58. The van der Waals surface area contributed by atoms with Gasteiger partial charge in [-0.05, 0) is 19.3 Å². The van der Waals surface area contributed by atoms with Crippen LogP contribution in [0.3, 0.4) is 0 Å². The first-order valence-electron chi connectivity index (χ1n) is 20.1. The van der Waals surface area contributed by atoms with E-state index in [1.165, 1.54) is 116 Å². The van der Waals surface area contributed by atoms with E-state index in [9.17, 15) is 30.3 Å². The van der Waals surface area contributed by atoms with Crippen LogP contribution in [-0.2, 0) is 14.3 Å². The van der Waals surface area contributed by atoms with Crippen molar-refractivity contribution in [2.24, 2.45) is 5.92 Å². The van der Waals surface area contributed by atoms with Gasteiger partial charge in [-0.25, -0.2) is 0 Å². The average Bonchev–Trinajstić information content (AvgIpc) is 3.08. The van der Waals surface area contributed by atoms with Crippen molar-refractivity contribution in [2.45, 2.75) is 218 Å². The summed E-state index contributed by atoms with van der Waals surface area (Å²) in [5.74, 6) is -0.474. The lowest BCUT2D eigenvalue weighted by atomic mass is 9.93. The minimum absolute atomic E-state index is 0.0716. The fourth-order valence-corrected chi connectivity index (χ4v) is 6.58. The van der Waals surface area contributed by atoms with Gasteiger partial charge in [0.2, 0.25) is 0 Å². The highest BCUT2D eigenvalue weighted by molar-refractivity contribution is 5.78. The molecule has 5 N–H and O–H groups in total. The van der Waals surface area contributed by atoms with Gasteiger partial charge >= 0.3 is 0 Å². The van der Waals surface area contributed by atoms with Crippen molar-refractivity contribution < 1.29 is 39.8 Å². The molecule has 0 amide bonds. The zero-order valence-electron chi connectivity index (χ0n) is 31.0. The Labute approximate surface area is 294 Å². The van der Waals surface area contributed by atoms with Crippen molar-refractivity contribution in [1.82, 2.24) is 0 Å². The molecule has 284 valence electrons. The van der Waals surface area contributed by atoms with Crippen LogP contribution < -0.4 is 0 Å². The van der Waals surface area contributed by atoms with Crippen LogP contribution in [0.4, 0.5) is 0 Å². The molecule has 7 atom stereocenters. The second kappa shape index (κ2) is 30.9. The number of ether oxygens (including phenoxy) is 2. The smallest absolute Gasteiger partial charge is 0.186 e. The van der Waals surface area contributed by atoms with Gasteiger partial charge in [-0.3, -0.25) is 4.79 Å². The summed E-state index contributed by atoms with van der Waals surface area (Å²) in [6.07, 6.45) is 26.3. The number of carbonyl (C=O) groups excluding carboxylic acids is 1. The number of aliphatic hydroxyl groups is 5. The van der Waals surface area contributed by atoms with Crippen LogP contribution in [0, 0.1) is 5.92 Å². The van der Waals surface area contributed by atoms with Gasteiger partial charge in [-0.1, -0.05) is 161 Å². The van der Waals surface area contributed by atoms with Crippen LogP contribution in [-0.4, -0.2) is 81.3 Å². The Balaban J connectivity index is 2.45. The number of aliphatic hydroxyl groups excluding tert-OH is 5. The number of unbranched alkanes of at least 4 members (excludes halogenated alkanes) is 22. The maximum absolute atomic E-state index is 13.0. The Kier molecular flexibility index (Phi) is 29.1. The maximum Gasteiger partial charge on any atom is 0.186 e. The normalized spacial score (nSPS) is 22.8. The third-order valence-corrected chi connectivity index (χ3v) is 9.91.